The van der Waals surface area contributed by atoms with Gasteiger partial charge in [0, 0.05) is 26.7 Å². The molecular formula is C21H29N3O. The van der Waals surface area contributed by atoms with Gasteiger partial charge in [-0.05, 0) is 29.5 Å². The van der Waals surface area contributed by atoms with Crippen molar-refractivity contribution in [1.82, 2.24) is 10.6 Å². The first-order chi connectivity index (χ1) is 12.3. The number of aliphatic imine (C=N–C) groups is 1. The standard InChI is InChI=1S/C21H29N3O/c1-3-15-25-17-20-12-8-7-11-19(20)16-24-21(22-2)23-14-13-18-9-5-4-6-10-18/h4-12H,3,13-17H2,1-2H3,(H2,22,23,24). The smallest absolute Gasteiger partial charge is 0.191 e. The number of hydrogen-bond acceptors (Lipinski definition) is 2. The molecule has 0 aliphatic rings. The summed E-state index contributed by atoms with van der Waals surface area (Å²) in [4.78, 5) is 4.30. The molecule has 0 saturated carbocycles. The van der Waals surface area contributed by atoms with E-state index in [9.17, 15) is 0 Å². The molecule has 0 saturated heterocycles. The summed E-state index contributed by atoms with van der Waals surface area (Å²) in [6, 6.07) is 18.8. The Labute approximate surface area is 151 Å². The van der Waals surface area contributed by atoms with Gasteiger partial charge in [0.2, 0.25) is 0 Å². The molecule has 134 valence electrons. The van der Waals surface area contributed by atoms with Crippen LogP contribution in [0.5, 0.6) is 0 Å². The van der Waals surface area contributed by atoms with Gasteiger partial charge in [-0.1, -0.05) is 61.5 Å². The van der Waals surface area contributed by atoms with E-state index in [4.69, 9.17) is 4.74 Å². The Morgan fingerprint density at radius 3 is 2.40 bits per heavy atom. The highest BCUT2D eigenvalue weighted by molar-refractivity contribution is 5.79. The molecule has 0 aliphatic heterocycles. The van der Waals surface area contributed by atoms with Crippen LogP contribution in [0.4, 0.5) is 0 Å². The van der Waals surface area contributed by atoms with Crippen molar-refractivity contribution in [3.05, 3.63) is 71.3 Å². The highest BCUT2D eigenvalue weighted by Gasteiger charge is 2.04. The summed E-state index contributed by atoms with van der Waals surface area (Å²) in [6.07, 6.45) is 2.02. The zero-order chi connectivity index (χ0) is 17.7. The van der Waals surface area contributed by atoms with Crippen LogP contribution in [0.25, 0.3) is 0 Å². The summed E-state index contributed by atoms with van der Waals surface area (Å²) in [5.41, 5.74) is 3.79. The SMILES string of the molecule is CCCOCc1ccccc1CNC(=NC)NCCc1ccccc1. The van der Waals surface area contributed by atoms with E-state index in [-0.39, 0.29) is 0 Å². The molecule has 25 heavy (non-hydrogen) atoms. The fraction of sp³-hybridized carbons (Fsp3) is 0.381. The summed E-state index contributed by atoms with van der Waals surface area (Å²) < 4.78 is 5.68. The molecule has 0 radical (unpaired) electrons. The Morgan fingerprint density at radius 2 is 1.68 bits per heavy atom. The lowest BCUT2D eigenvalue weighted by atomic mass is 10.1. The maximum absolute atomic E-state index is 5.68. The number of nitrogens with zero attached hydrogens (tertiary/aromatic N) is 1. The molecule has 2 rings (SSSR count). The van der Waals surface area contributed by atoms with Gasteiger partial charge in [-0.15, -0.1) is 0 Å². The minimum absolute atomic E-state index is 0.658. The molecule has 0 spiro atoms. The van der Waals surface area contributed by atoms with Crippen molar-refractivity contribution in [2.75, 3.05) is 20.2 Å². The molecule has 4 nitrogen and oxygen atoms in total. The lowest BCUT2D eigenvalue weighted by Gasteiger charge is -2.14. The van der Waals surface area contributed by atoms with Crippen molar-refractivity contribution in [3.8, 4) is 0 Å². The number of rotatable bonds is 9. The number of ether oxygens (including phenoxy) is 1. The highest BCUT2D eigenvalue weighted by Crippen LogP contribution is 2.10. The van der Waals surface area contributed by atoms with Crippen LogP contribution in [0, 0.1) is 0 Å². The van der Waals surface area contributed by atoms with Crippen LogP contribution in [0.15, 0.2) is 59.6 Å². The van der Waals surface area contributed by atoms with E-state index in [1.807, 2.05) is 6.07 Å². The molecular weight excluding hydrogens is 310 g/mol. The van der Waals surface area contributed by atoms with Gasteiger partial charge in [0.15, 0.2) is 5.96 Å². The maximum atomic E-state index is 5.68. The fourth-order valence-electron chi connectivity index (χ4n) is 2.57. The van der Waals surface area contributed by atoms with Crippen LogP contribution < -0.4 is 10.6 Å². The third-order valence-electron chi connectivity index (χ3n) is 3.94. The Kier molecular flexibility index (Phi) is 8.56. The predicted octanol–water partition coefficient (Wildman–Crippen LogP) is 3.52. The van der Waals surface area contributed by atoms with E-state index in [0.29, 0.717) is 6.61 Å². The van der Waals surface area contributed by atoms with Crippen LogP contribution in [-0.4, -0.2) is 26.2 Å². The summed E-state index contributed by atoms with van der Waals surface area (Å²) in [6.45, 7) is 5.16. The van der Waals surface area contributed by atoms with Crippen molar-refractivity contribution in [3.63, 3.8) is 0 Å². The molecule has 4 heteroatoms. The van der Waals surface area contributed by atoms with Crippen LogP contribution >= 0.6 is 0 Å². The topological polar surface area (TPSA) is 45.6 Å². The molecule has 0 unspecified atom stereocenters. The van der Waals surface area contributed by atoms with Gasteiger partial charge < -0.3 is 15.4 Å². The molecule has 0 aromatic heterocycles. The fourth-order valence-corrected chi connectivity index (χ4v) is 2.57. The third kappa shape index (κ3) is 6.98. The van der Waals surface area contributed by atoms with E-state index in [1.165, 1.54) is 16.7 Å². The second kappa shape index (κ2) is 11.3. The molecule has 0 fully saturated rings. The van der Waals surface area contributed by atoms with Gasteiger partial charge in [0.25, 0.3) is 0 Å². The van der Waals surface area contributed by atoms with Gasteiger partial charge in [0.1, 0.15) is 0 Å². The van der Waals surface area contributed by atoms with Gasteiger partial charge in [-0.3, -0.25) is 4.99 Å². The van der Waals surface area contributed by atoms with Crippen LogP contribution in [0.2, 0.25) is 0 Å². The molecule has 0 bridgehead atoms. The number of guanidine groups is 1. The monoisotopic (exact) mass is 339 g/mol. The quantitative estimate of drug-likeness (QED) is 0.417. The molecule has 2 aromatic rings. The lowest BCUT2D eigenvalue weighted by molar-refractivity contribution is 0.121. The molecule has 0 heterocycles. The van der Waals surface area contributed by atoms with Gasteiger partial charge in [0.05, 0.1) is 6.61 Å². The summed E-state index contributed by atoms with van der Waals surface area (Å²) >= 11 is 0. The number of nitrogens with one attached hydrogen (secondary N) is 2. The lowest BCUT2D eigenvalue weighted by Crippen LogP contribution is -2.38. The molecule has 2 N–H and O–H groups in total. The van der Waals surface area contributed by atoms with Crippen LogP contribution in [0.1, 0.15) is 30.0 Å². The van der Waals surface area contributed by atoms with E-state index >= 15 is 0 Å². The largest absolute Gasteiger partial charge is 0.377 e. The zero-order valence-electron chi connectivity index (χ0n) is 15.3. The van der Waals surface area contributed by atoms with E-state index in [1.54, 1.807) is 7.05 Å². The third-order valence-corrected chi connectivity index (χ3v) is 3.94. The van der Waals surface area contributed by atoms with Crippen LogP contribution in [-0.2, 0) is 24.3 Å². The van der Waals surface area contributed by atoms with E-state index in [2.05, 4.69) is 71.1 Å². The van der Waals surface area contributed by atoms with Crippen molar-refractivity contribution >= 4 is 5.96 Å². The molecule has 0 aliphatic carbocycles. The second-order valence-corrected chi connectivity index (χ2v) is 5.91. The number of benzene rings is 2. The Hall–Kier alpha value is -2.33. The molecule has 0 atom stereocenters. The second-order valence-electron chi connectivity index (χ2n) is 5.91. The number of hydrogen-bond donors (Lipinski definition) is 2. The zero-order valence-corrected chi connectivity index (χ0v) is 15.3. The Morgan fingerprint density at radius 1 is 0.960 bits per heavy atom. The molecule has 0 amide bonds. The minimum atomic E-state index is 0.658. The Balaban J connectivity index is 1.80. The minimum Gasteiger partial charge on any atom is -0.377 e. The normalized spacial score (nSPS) is 11.4. The van der Waals surface area contributed by atoms with Crippen molar-refractivity contribution in [2.24, 2.45) is 4.99 Å². The van der Waals surface area contributed by atoms with E-state index < -0.39 is 0 Å². The maximum Gasteiger partial charge on any atom is 0.191 e. The van der Waals surface area contributed by atoms with Crippen molar-refractivity contribution in [1.29, 1.82) is 0 Å². The first-order valence-electron chi connectivity index (χ1n) is 8.96. The Bertz CT molecular complexity index is 641. The summed E-state index contributed by atoms with van der Waals surface area (Å²) in [5.74, 6) is 0.820. The first-order valence-corrected chi connectivity index (χ1v) is 8.96. The average Bonchev–Trinajstić information content (AvgIpc) is 2.66. The average molecular weight is 339 g/mol. The predicted molar refractivity (Wildman–Crippen MR) is 105 cm³/mol. The molecule has 2 aromatic carbocycles. The van der Waals surface area contributed by atoms with Gasteiger partial charge in [-0.2, -0.15) is 0 Å². The van der Waals surface area contributed by atoms with Gasteiger partial charge >= 0.3 is 0 Å². The van der Waals surface area contributed by atoms with Crippen LogP contribution in [0.3, 0.4) is 0 Å². The van der Waals surface area contributed by atoms with Gasteiger partial charge in [-0.25, -0.2) is 0 Å². The van der Waals surface area contributed by atoms with Crippen molar-refractivity contribution in [2.45, 2.75) is 32.9 Å². The summed E-state index contributed by atoms with van der Waals surface area (Å²) in [7, 11) is 1.80. The highest BCUT2D eigenvalue weighted by atomic mass is 16.5. The van der Waals surface area contributed by atoms with E-state index in [0.717, 1.165) is 38.5 Å². The summed E-state index contributed by atoms with van der Waals surface area (Å²) in [5, 5.41) is 6.75. The van der Waals surface area contributed by atoms with Crippen molar-refractivity contribution < 1.29 is 4.74 Å². The first kappa shape index (κ1) is 19.0.